The normalized spacial score (nSPS) is 16.6. The predicted molar refractivity (Wildman–Crippen MR) is 102 cm³/mol. The third-order valence-corrected chi connectivity index (χ3v) is 5.15. The summed E-state index contributed by atoms with van der Waals surface area (Å²) in [6, 6.07) is 8.52. The number of hydrogen-bond donors (Lipinski definition) is 2. The first kappa shape index (κ1) is 19.7. The maximum atomic E-state index is 12.2. The van der Waals surface area contributed by atoms with Gasteiger partial charge in [0.1, 0.15) is 0 Å². The van der Waals surface area contributed by atoms with Crippen LogP contribution in [-0.4, -0.2) is 49.8 Å². The predicted octanol–water partition coefficient (Wildman–Crippen LogP) is 2.93. The summed E-state index contributed by atoms with van der Waals surface area (Å²) in [5.41, 5.74) is 2.34. The number of carbonyl (C=O) groups is 1. The second kappa shape index (κ2) is 10.4. The van der Waals surface area contributed by atoms with Crippen LogP contribution in [0.15, 0.2) is 24.3 Å². The molecule has 1 aromatic rings. The molecule has 1 fully saturated rings. The molecule has 0 radical (unpaired) electrons. The lowest BCUT2D eigenvalue weighted by Gasteiger charge is -2.38. The van der Waals surface area contributed by atoms with Crippen LogP contribution in [0.5, 0.6) is 0 Å². The van der Waals surface area contributed by atoms with Crippen molar-refractivity contribution in [2.24, 2.45) is 5.92 Å². The summed E-state index contributed by atoms with van der Waals surface area (Å²) >= 11 is 0. The van der Waals surface area contributed by atoms with Crippen LogP contribution in [0.4, 0.5) is 4.79 Å². The highest BCUT2D eigenvalue weighted by molar-refractivity contribution is 5.73. The second-order valence-electron chi connectivity index (χ2n) is 6.84. The first-order chi connectivity index (χ1) is 12.1. The molecule has 1 atom stereocenters. The van der Waals surface area contributed by atoms with E-state index in [1.165, 1.54) is 5.56 Å². The van der Waals surface area contributed by atoms with Gasteiger partial charge in [0.15, 0.2) is 0 Å². The molecule has 0 aliphatic carbocycles. The topological polar surface area (TPSA) is 53.6 Å². The zero-order valence-corrected chi connectivity index (χ0v) is 15.9. The Balaban J connectivity index is 1.83. The molecule has 0 aromatic heterocycles. The fraction of sp³-hybridized carbons (Fsp3) is 0.650. The van der Waals surface area contributed by atoms with Gasteiger partial charge in [-0.3, -0.25) is 4.90 Å². The van der Waals surface area contributed by atoms with Crippen molar-refractivity contribution in [1.29, 1.82) is 0 Å². The Morgan fingerprint density at radius 1 is 1.12 bits per heavy atom. The molecular weight excluding hydrogens is 314 g/mol. The van der Waals surface area contributed by atoms with Gasteiger partial charge < -0.3 is 15.4 Å². The monoisotopic (exact) mass is 347 g/mol. The zero-order valence-electron chi connectivity index (χ0n) is 15.9. The summed E-state index contributed by atoms with van der Waals surface area (Å²) in [6.45, 7) is 11.3. The number of rotatable bonds is 8. The molecule has 2 amide bonds. The van der Waals surface area contributed by atoms with Crippen molar-refractivity contribution in [2.75, 3.05) is 32.8 Å². The van der Waals surface area contributed by atoms with Gasteiger partial charge in [-0.2, -0.15) is 0 Å². The Labute approximate surface area is 152 Å². The van der Waals surface area contributed by atoms with Gasteiger partial charge in [0.05, 0.1) is 13.2 Å². The Morgan fingerprint density at radius 2 is 1.76 bits per heavy atom. The summed E-state index contributed by atoms with van der Waals surface area (Å²) in [4.78, 5) is 14.7. The number of benzene rings is 1. The summed E-state index contributed by atoms with van der Waals surface area (Å²) in [5.74, 6) is 0.593. The molecule has 2 N–H and O–H groups in total. The van der Waals surface area contributed by atoms with Crippen LogP contribution < -0.4 is 10.6 Å². The number of hydrogen-bond acceptors (Lipinski definition) is 3. The molecule has 1 aromatic carbocycles. The number of carbonyl (C=O) groups excluding carboxylic acids is 1. The highest BCUT2D eigenvalue weighted by Crippen LogP contribution is 2.19. The third kappa shape index (κ3) is 6.33. The van der Waals surface area contributed by atoms with Crippen LogP contribution in [0.3, 0.4) is 0 Å². The lowest BCUT2D eigenvalue weighted by molar-refractivity contribution is 0.00237. The number of amides is 2. The van der Waals surface area contributed by atoms with Gasteiger partial charge in [0.25, 0.3) is 0 Å². The Bertz CT molecular complexity index is 508. The summed E-state index contributed by atoms with van der Waals surface area (Å²) in [5, 5.41) is 6.04. The highest BCUT2D eigenvalue weighted by Gasteiger charge is 2.27. The Morgan fingerprint density at radius 3 is 2.36 bits per heavy atom. The minimum absolute atomic E-state index is 0.0928. The molecule has 1 saturated heterocycles. The molecule has 0 saturated carbocycles. The smallest absolute Gasteiger partial charge is 0.315 e. The Hall–Kier alpha value is -1.59. The lowest BCUT2D eigenvalue weighted by Crippen LogP contribution is -2.53. The van der Waals surface area contributed by atoms with E-state index in [1.54, 1.807) is 0 Å². The van der Waals surface area contributed by atoms with Crippen molar-refractivity contribution in [3.8, 4) is 0 Å². The summed E-state index contributed by atoms with van der Waals surface area (Å²) < 4.78 is 5.48. The van der Waals surface area contributed by atoms with Gasteiger partial charge in [-0.05, 0) is 18.4 Å². The molecular formula is C20H33N3O2. The van der Waals surface area contributed by atoms with Gasteiger partial charge in [-0.15, -0.1) is 0 Å². The molecule has 1 heterocycles. The Kier molecular flexibility index (Phi) is 8.22. The molecule has 140 valence electrons. The first-order valence-electron chi connectivity index (χ1n) is 9.53. The lowest BCUT2D eigenvalue weighted by atomic mass is 9.92. The third-order valence-electron chi connectivity index (χ3n) is 5.15. The summed E-state index contributed by atoms with van der Waals surface area (Å²) in [7, 11) is 0. The van der Waals surface area contributed by atoms with E-state index in [1.807, 2.05) is 0 Å². The van der Waals surface area contributed by atoms with E-state index in [0.717, 1.165) is 44.7 Å². The minimum atomic E-state index is -0.0928. The van der Waals surface area contributed by atoms with Crippen LogP contribution in [-0.2, 0) is 11.3 Å². The second-order valence-corrected chi connectivity index (χ2v) is 6.84. The fourth-order valence-corrected chi connectivity index (χ4v) is 3.48. The van der Waals surface area contributed by atoms with E-state index in [-0.39, 0.29) is 6.03 Å². The van der Waals surface area contributed by atoms with E-state index >= 15 is 0 Å². The number of morpholine rings is 1. The number of urea groups is 1. The molecule has 1 aliphatic heterocycles. The largest absolute Gasteiger partial charge is 0.379 e. The number of ether oxygens (including phenoxy) is 1. The van der Waals surface area contributed by atoms with E-state index in [2.05, 4.69) is 60.6 Å². The van der Waals surface area contributed by atoms with E-state index in [4.69, 9.17) is 4.74 Å². The van der Waals surface area contributed by atoms with Crippen molar-refractivity contribution in [3.63, 3.8) is 0 Å². The number of aryl methyl sites for hydroxylation is 1. The van der Waals surface area contributed by atoms with Gasteiger partial charge in [-0.25, -0.2) is 4.79 Å². The first-order valence-corrected chi connectivity index (χ1v) is 9.53. The minimum Gasteiger partial charge on any atom is -0.379 e. The van der Waals surface area contributed by atoms with E-state index < -0.39 is 0 Å². The van der Waals surface area contributed by atoms with Gasteiger partial charge >= 0.3 is 6.03 Å². The van der Waals surface area contributed by atoms with Gasteiger partial charge in [0.2, 0.25) is 0 Å². The van der Waals surface area contributed by atoms with Crippen LogP contribution in [0.1, 0.15) is 37.8 Å². The molecule has 2 rings (SSSR count). The molecule has 0 bridgehead atoms. The molecule has 1 unspecified atom stereocenters. The number of nitrogens with one attached hydrogen (secondary N) is 2. The maximum Gasteiger partial charge on any atom is 0.315 e. The fourth-order valence-electron chi connectivity index (χ4n) is 3.48. The van der Waals surface area contributed by atoms with Crippen molar-refractivity contribution in [3.05, 3.63) is 35.4 Å². The van der Waals surface area contributed by atoms with Crippen molar-refractivity contribution >= 4 is 6.03 Å². The van der Waals surface area contributed by atoms with Crippen LogP contribution in [0.2, 0.25) is 0 Å². The standard InChI is InChI=1S/C20H33N3O2/c1-4-18(5-2)19(23-10-12-25-13-11-23)15-22-20(24)21-14-17-8-6-16(3)7-9-17/h6-9,18-19H,4-5,10-15H2,1-3H3,(H2,21,22,24). The number of nitrogens with zero attached hydrogens (tertiary/aromatic N) is 1. The molecule has 5 heteroatoms. The van der Waals surface area contributed by atoms with E-state index in [0.29, 0.717) is 25.0 Å². The average Bonchev–Trinajstić information content (AvgIpc) is 2.65. The van der Waals surface area contributed by atoms with Crippen molar-refractivity contribution < 1.29 is 9.53 Å². The quantitative estimate of drug-likeness (QED) is 0.760. The average molecular weight is 348 g/mol. The van der Waals surface area contributed by atoms with Gasteiger partial charge in [0, 0.05) is 32.2 Å². The molecule has 5 nitrogen and oxygen atoms in total. The van der Waals surface area contributed by atoms with Crippen LogP contribution in [0.25, 0.3) is 0 Å². The van der Waals surface area contributed by atoms with Crippen molar-refractivity contribution in [2.45, 2.75) is 46.2 Å². The molecule has 0 spiro atoms. The van der Waals surface area contributed by atoms with E-state index in [9.17, 15) is 4.79 Å². The highest BCUT2D eigenvalue weighted by atomic mass is 16.5. The molecule has 25 heavy (non-hydrogen) atoms. The van der Waals surface area contributed by atoms with Crippen LogP contribution in [0, 0.1) is 12.8 Å². The summed E-state index contributed by atoms with van der Waals surface area (Å²) in [6.07, 6.45) is 2.26. The SMILES string of the molecule is CCC(CC)C(CNC(=O)NCc1ccc(C)cc1)N1CCOCC1. The van der Waals surface area contributed by atoms with Crippen molar-refractivity contribution in [1.82, 2.24) is 15.5 Å². The zero-order chi connectivity index (χ0) is 18.1. The maximum absolute atomic E-state index is 12.2. The molecule has 1 aliphatic rings. The van der Waals surface area contributed by atoms with Gasteiger partial charge in [-0.1, -0.05) is 56.5 Å². The van der Waals surface area contributed by atoms with Crippen LogP contribution >= 0.6 is 0 Å².